The van der Waals surface area contributed by atoms with Gasteiger partial charge in [0.2, 0.25) is 5.91 Å². The third kappa shape index (κ3) is 4.84. The maximum absolute atomic E-state index is 13.3. The van der Waals surface area contributed by atoms with Crippen molar-refractivity contribution >= 4 is 5.91 Å². The molecule has 22 heavy (non-hydrogen) atoms. The predicted molar refractivity (Wildman–Crippen MR) is 79.7 cm³/mol. The van der Waals surface area contributed by atoms with Crippen LogP contribution in [0.5, 0.6) is 5.75 Å². The van der Waals surface area contributed by atoms with Gasteiger partial charge in [-0.1, -0.05) is 29.8 Å². The molecule has 3 nitrogen and oxygen atoms in total. The van der Waals surface area contributed by atoms with Gasteiger partial charge in [0.05, 0.1) is 13.0 Å². The highest BCUT2D eigenvalue weighted by Gasteiger charge is 2.06. The molecule has 2 aromatic carbocycles. The Morgan fingerprint density at radius 2 is 1.86 bits per heavy atom. The molecule has 0 aliphatic rings. The first kappa shape index (κ1) is 15.9. The number of aryl methyl sites for hydroxylation is 1. The number of hydrogen-bond donors (Lipinski definition) is 1. The van der Waals surface area contributed by atoms with Gasteiger partial charge in [-0.25, -0.2) is 8.78 Å². The summed E-state index contributed by atoms with van der Waals surface area (Å²) in [4.78, 5) is 11.7. The molecule has 0 fully saturated rings. The fourth-order valence-electron chi connectivity index (χ4n) is 1.90. The highest BCUT2D eigenvalue weighted by Crippen LogP contribution is 2.17. The van der Waals surface area contributed by atoms with Gasteiger partial charge in [0, 0.05) is 6.07 Å². The van der Waals surface area contributed by atoms with Gasteiger partial charge in [0.1, 0.15) is 12.4 Å². The molecule has 0 saturated heterocycles. The first-order valence-electron chi connectivity index (χ1n) is 6.94. The van der Waals surface area contributed by atoms with Gasteiger partial charge in [-0.3, -0.25) is 4.79 Å². The third-order valence-electron chi connectivity index (χ3n) is 3.06. The molecule has 0 unspecified atom stereocenters. The molecule has 0 aliphatic heterocycles. The lowest BCUT2D eigenvalue weighted by Crippen LogP contribution is -2.29. The molecule has 0 atom stereocenters. The van der Waals surface area contributed by atoms with Gasteiger partial charge < -0.3 is 10.1 Å². The quantitative estimate of drug-likeness (QED) is 0.833. The number of nitrogens with one attached hydrogen (secondary N) is 1. The number of halogens is 2. The molecule has 0 saturated carbocycles. The van der Waals surface area contributed by atoms with Crippen LogP contribution in [0.3, 0.4) is 0 Å². The van der Waals surface area contributed by atoms with Crippen LogP contribution < -0.4 is 10.1 Å². The van der Waals surface area contributed by atoms with E-state index in [1.165, 1.54) is 6.07 Å². The summed E-state index contributed by atoms with van der Waals surface area (Å²) in [7, 11) is 0. The Labute approximate surface area is 127 Å². The maximum atomic E-state index is 13.3. The van der Waals surface area contributed by atoms with E-state index in [-0.39, 0.29) is 31.2 Å². The minimum absolute atomic E-state index is 0.0332. The van der Waals surface area contributed by atoms with Crippen molar-refractivity contribution in [2.24, 2.45) is 0 Å². The zero-order valence-electron chi connectivity index (χ0n) is 12.2. The summed E-state index contributed by atoms with van der Waals surface area (Å²) in [5, 5.41) is 2.69. The summed E-state index contributed by atoms with van der Waals surface area (Å²) in [6, 6.07) is 10.8. The van der Waals surface area contributed by atoms with E-state index in [2.05, 4.69) is 5.32 Å². The van der Waals surface area contributed by atoms with Crippen LogP contribution in [0.1, 0.15) is 11.1 Å². The van der Waals surface area contributed by atoms with Crippen molar-refractivity contribution in [3.8, 4) is 5.75 Å². The summed E-state index contributed by atoms with van der Waals surface area (Å²) in [5.41, 5.74) is 2.06. The lowest BCUT2D eigenvalue weighted by atomic mass is 10.1. The SMILES string of the molecule is Cc1ccc(CC(=O)NCCOc2ccc(F)cc2F)cc1. The van der Waals surface area contributed by atoms with Crippen LogP contribution in [0.25, 0.3) is 0 Å². The zero-order chi connectivity index (χ0) is 15.9. The molecule has 0 aromatic heterocycles. The number of carbonyl (C=O) groups is 1. The molecule has 2 aromatic rings. The summed E-state index contributed by atoms with van der Waals surface area (Å²) in [6.45, 7) is 2.35. The largest absolute Gasteiger partial charge is 0.489 e. The average Bonchev–Trinajstić information content (AvgIpc) is 2.48. The van der Waals surface area contributed by atoms with Crippen molar-refractivity contribution in [3.05, 3.63) is 65.2 Å². The molecule has 0 radical (unpaired) electrons. The summed E-state index contributed by atoms with van der Waals surface area (Å²) in [5.74, 6) is -1.58. The Morgan fingerprint density at radius 1 is 1.14 bits per heavy atom. The molecular formula is C17H17F2NO2. The lowest BCUT2D eigenvalue weighted by molar-refractivity contribution is -0.120. The van der Waals surface area contributed by atoms with E-state index >= 15 is 0 Å². The second-order valence-electron chi connectivity index (χ2n) is 4.94. The molecule has 0 aliphatic carbocycles. The van der Waals surface area contributed by atoms with E-state index < -0.39 is 11.6 Å². The van der Waals surface area contributed by atoms with Gasteiger partial charge in [0.15, 0.2) is 11.6 Å². The maximum Gasteiger partial charge on any atom is 0.224 e. The first-order chi connectivity index (χ1) is 10.5. The van der Waals surface area contributed by atoms with E-state index in [1.54, 1.807) is 0 Å². The Hall–Kier alpha value is -2.43. The average molecular weight is 305 g/mol. The van der Waals surface area contributed by atoms with E-state index in [4.69, 9.17) is 4.74 Å². The number of amides is 1. The van der Waals surface area contributed by atoms with E-state index in [0.717, 1.165) is 23.3 Å². The van der Waals surface area contributed by atoms with Gasteiger partial charge in [0.25, 0.3) is 0 Å². The molecule has 116 valence electrons. The minimum atomic E-state index is -0.758. The van der Waals surface area contributed by atoms with Crippen LogP contribution in [-0.4, -0.2) is 19.1 Å². The molecule has 0 spiro atoms. The van der Waals surface area contributed by atoms with E-state index in [9.17, 15) is 13.6 Å². The Kier molecular flexibility index (Phi) is 5.47. The number of rotatable bonds is 6. The van der Waals surface area contributed by atoms with Crippen molar-refractivity contribution in [1.82, 2.24) is 5.32 Å². The monoisotopic (exact) mass is 305 g/mol. The van der Waals surface area contributed by atoms with Gasteiger partial charge in [-0.15, -0.1) is 0 Å². The van der Waals surface area contributed by atoms with E-state index in [1.807, 2.05) is 31.2 Å². The summed E-state index contributed by atoms with van der Waals surface area (Å²) < 4.78 is 31.2. The molecule has 1 amide bonds. The topological polar surface area (TPSA) is 38.3 Å². The van der Waals surface area contributed by atoms with Crippen LogP contribution in [0, 0.1) is 18.6 Å². The molecular weight excluding hydrogens is 288 g/mol. The van der Waals surface area contributed by atoms with Crippen LogP contribution >= 0.6 is 0 Å². The van der Waals surface area contributed by atoms with Gasteiger partial charge >= 0.3 is 0 Å². The fourth-order valence-corrected chi connectivity index (χ4v) is 1.90. The normalized spacial score (nSPS) is 10.3. The highest BCUT2D eigenvalue weighted by molar-refractivity contribution is 5.78. The number of ether oxygens (including phenoxy) is 1. The first-order valence-corrected chi connectivity index (χ1v) is 6.94. The van der Waals surface area contributed by atoms with Gasteiger partial charge in [-0.2, -0.15) is 0 Å². The van der Waals surface area contributed by atoms with Crippen molar-refractivity contribution in [3.63, 3.8) is 0 Å². The van der Waals surface area contributed by atoms with Crippen molar-refractivity contribution in [2.75, 3.05) is 13.2 Å². The Bertz CT molecular complexity index is 642. The summed E-state index contributed by atoms with van der Waals surface area (Å²) >= 11 is 0. The van der Waals surface area contributed by atoms with Crippen LogP contribution in [-0.2, 0) is 11.2 Å². The predicted octanol–water partition coefficient (Wildman–Crippen LogP) is 3.01. The Balaban J connectivity index is 1.72. The number of benzene rings is 2. The standard InChI is InChI=1S/C17H17F2NO2/c1-12-2-4-13(5-3-12)10-17(21)20-8-9-22-16-7-6-14(18)11-15(16)19/h2-7,11H,8-10H2,1H3,(H,20,21). The summed E-state index contributed by atoms with van der Waals surface area (Å²) in [6.07, 6.45) is 0.283. The Morgan fingerprint density at radius 3 is 2.55 bits per heavy atom. The van der Waals surface area contributed by atoms with Gasteiger partial charge in [-0.05, 0) is 24.6 Å². The van der Waals surface area contributed by atoms with Crippen molar-refractivity contribution in [1.29, 1.82) is 0 Å². The minimum Gasteiger partial charge on any atom is -0.489 e. The van der Waals surface area contributed by atoms with Crippen molar-refractivity contribution in [2.45, 2.75) is 13.3 Å². The van der Waals surface area contributed by atoms with Crippen LogP contribution in [0.15, 0.2) is 42.5 Å². The van der Waals surface area contributed by atoms with Crippen LogP contribution in [0.2, 0.25) is 0 Å². The molecule has 2 rings (SSSR count). The molecule has 5 heteroatoms. The number of carbonyl (C=O) groups excluding carboxylic acids is 1. The number of hydrogen-bond acceptors (Lipinski definition) is 2. The third-order valence-corrected chi connectivity index (χ3v) is 3.06. The second kappa shape index (κ2) is 7.54. The molecule has 0 bridgehead atoms. The highest BCUT2D eigenvalue weighted by atomic mass is 19.1. The molecule has 0 heterocycles. The smallest absolute Gasteiger partial charge is 0.224 e. The fraction of sp³-hybridized carbons (Fsp3) is 0.235. The lowest BCUT2D eigenvalue weighted by Gasteiger charge is -2.08. The molecule has 1 N–H and O–H groups in total. The van der Waals surface area contributed by atoms with E-state index in [0.29, 0.717) is 0 Å². The zero-order valence-corrected chi connectivity index (χ0v) is 12.2. The van der Waals surface area contributed by atoms with Crippen molar-refractivity contribution < 1.29 is 18.3 Å². The van der Waals surface area contributed by atoms with Crippen LogP contribution in [0.4, 0.5) is 8.78 Å². The second-order valence-corrected chi connectivity index (χ2v) is 4.94.